The first-order chi connectivity index (χ1) is 9.69. The maximum atomic E-state index is 10.6. The molecule has 120 valence electrons. The molecule has 2 rings (SSSR count). The smallest absolute Gasteiger partial charge is 0.450 e. The van der Waals surface area contributed by atoms with E-state index in [0.29, 0.717) is 0 Å². The SMILES string of the molecule is CC1(C)O[C@@H]2O[C@H]([C@H](COC(=O)O)OC(=O)O)[C@@H](O)[C@H]2O1. The molecule has 2 heterocycles. The van der Waals surface area contributed by atoms with E-state index in [4.69, 9.17) is 24.4 Å². The van der Waals surface area contributed by atoms with Gasteiger partial charge in [0.05, 0.1) is 0 Å². The standard InChI is InChI=1S/C11H16O10/c1-11(2)20-7-5(12)6(19-8(7)21-11)4(18-10(15)16)3-17-9(13)14/h4-8,12H,3H2,1-2H3,(H,13,14)(H,15,16)/t4-,5+,6+,7+,8-/m0/s1. The van der Waals surface area contributed by atoms with Gasteiger partial charge in [-0.3, -0.25) is 0 Å². The van der Waals surface area contributed by atoms with Crippen molar-refractivity contribution in [3.63, 3.8) is 0 Å². The molecule has 2 aliphatic heterocycles. The van der Waals surface area contributed by atoms with Crippen LogP contribution in [0.15, 0.2) is 0 Å². The van der Waals surface area contributed by atoms with Crippen molar-refractivity contribution in [3.05, 3.63) is 0 Å². The monoisotopic (exact) mass is 308 g/mol. The van der Waals surface area contributed by atoms with Crippen LogP contribution < -0.4 is 0 Å². The first-order valence-electron chi connectivity index (χ1n) is 6.14. The fourth-order valence-corrected chi connectivity index (χ4v) is 2.30. The van der Waals surface area contributed by atoms with Gasteiger partial charge in [-0.05, 0) is 13.8 Å². The summed E-state index contributed by atoms with van der Waals surface area (Å²) < 4.78 is 25.0. The lowest BCUT2D eigenvalue weighted by Gasteiger charge is -2.27. The van der Waals surface area contributed by atoms with E-state index in [-0.39, 0.29) is 0 Å². The average Bonchev–Trinajstić information content (AvgIpc) is 2.78. The molecule has 10 heteroatoms. The molecule has 2 fully saturated rings. The highest BCUT2D eigenvalue weighted by Crippen LogP contribution is 2.38. The van der Waals surface area contributed by atoms with Gasteiger partial charge >= 0.3 is 12.3 Å². The van der Waals surface area contributed by atoms with E-state index in [1.807, 2.05) is 0 Å². The van der Waals surface area contributed by atoms with E-state index < -0.39 is 55.4 Å². The molecular weight excluding hydrogens is 292 g/mol. The van der Waals surface area contributed by atoms with E-state index in [9.17, 15) is 14.7 Å². The van der Waals surface area contributed by atoms with Crippen LogP contribution in [-0.4, -0.2) is 70.7 Å². The Hall–Kier alpha value is -1.62. The van der Waals surface area contributed by atoms with Crippen LogP contribution in [0.4, 0.5) is 9.59 Å². The highest BCUT2D eigenvalue weighted by Gasteiger charge is 2.57. The average molecular weight is 308 g/mol. The molecule has 0 aromatic heterocycles. The summed E-state index contributed by atoms with van der Waals surface area (Å²) >= 11 is 0. The number of carboxylic acid groups (broad SMARTS) is 2. The molecule has 0 unspecified atom stereocenters. The lowest BCUT2D eigenvalue weighted by Crippen LogP contribution is -2.45. The third-order valence-electron chi connectivity index (χ3n) is 3.04. The maximum absolute atomic E-state index is 10.6. The predicted octanol–water partition coefficient (Wildman–Crippen LogP) is -0.0185. The zero-order chi connectivity index (χ0) is 15.8. The van der Waals surface area contributed by atoms with Crippen molar-refractivity contribution < 1.29 is 48.6 Å². The maximum Gasteiger partial charge on any atom is 0.506 e. The summed E-state index contributed by atoms with van der Waals surface area (Å²) in [5.41, 5.74) is 0. The number of fused-ring (bicyclic) bond motifs is 1. The topological polar surface area (TPSA) is 141 Å². The molecule has 2 aliphatic rings. The Morgan fingerprint density at radius 3 is 2.43 bits per heavy atom. The van der Waals surface area contributed by atoms with Gasteiger partial charge in [0.2, 0.25) is 0 Å². The van der Waals surface area contributed by atoms with Crippen molar-refractivity contribution in [3.8, 4) is 0 Å². The summed E-state index contributed by atoms with van der Waals surface area (Å²) in [7, 11) is 0. The molecule has 3 N–H and O–H groups in total. The summed E-state index contributed by atoms with van der Waals surface area (Å²) in [5, 5.41) is 27.2. The first kappa shape index (κ1) is 15.8. The fourth-order valence-electron chi connectivity index (χ4n) is 2.30. The highest BCUT2D eigenvalue weighted by atomic mass is 16.8. The Kier molecular flexibility index (Phi) is 4.23. The van der Waals surface area contributed by atoms with Crippen LogP contribution in [0, 0.1) is 0 Å². The summed E-state index contributed by atoms with van der Waals surface area (Å²) in [6, 6.07) is 0. The van der Waals surface area contributed by atoms with Gasteiger partial charge in [0.1, 0.15) is 24.9 Å². The lowest BCUT2D eigenvalue weighted by molar-refractivity contribution is -0.228. The first-order valence-corrected chi connectivity index (χ1v) is 6.14. The second-order valence-electron chi connectivity index (χ2n) is 5.06. The molecule has 0 aliphatic carbocycles. The van der Waals surface area contributed by atoms with Gasteiger partial charge in [-0.2, -0.15) is 0 Å². The Balaban J connectivity index is 2.04. The molecule has 21 heavy (non-hydrogen) atoms. The number of hydrogen-bond acceptors (Lipinski definition) is 8. The molecule has 0 spiro atoms. The Bertz CT molecular complexity index is 421. The minimum Gasteiger partial charge on any atom is -0.450 e. The molecule has 0 aromatic rings. The van der Waals surface area contributed by atoms with Crippen molar-refractivity contribution >= 4 is 12.3 Å². The highest BCUT2D eigenvalue weighted by molar-refractivity contribution is 5.58. The quantitative estimate of drug-likeness (QED) is 0.606. The third kappa shape index (κ3) is 3.53. The fraction of sp³-hybridized carbons (Fsp3) is 0.818. The van der Waals surface area contributed by atoms with E-state index in [0.717, 1.165) is 0 Å². The zero-order valence-electron chi connectivity index (χ0n) is 11.3. The molecular formula is C11H16O10. The van der Waals surface area contributed by atoms with Crippen molar-refractivity contribution in [1.82, 2.24) is 0 Å². The zero-order valence-corrected chi connectivity index (χ0v) is 11.3. The van der Waals surface area contributed by atoms with Crippen molar-refractivity contribution in [1.29, 1.82) is 0 Å². The number of ether oxygens (including phenoxy) is 5. The van der Waals surface area contributed by atoms with Crippen LogP contribution in [0.5, 0.6) is 0 Å². The number of rotatable bonds is 4. The van der Waals surface area contributed by atoms with E-state index in [1.54, 1.807) is 13.8 Å². The Morgan fingerprint density at radius 1 is 1.24 bits per heavy atom. The molecule has 0 radical (unpaired) electrons. The molecule has 2 saturated heterocycles. The molecule has 0 bridgehead atoms. The lowest BCUT2D eigenvalue weighted by atomic mass is 10.1. The van der Waals surface area contributed by atoms with Gasteiger partial charge in [0, 0.05) is 0 Å². The summed E-state index contributed by atoms with van der Waals surface area (Å²) in [4.78, 5) is 21.0. The predicted molar refractivity (Wildman–Crippen MR) is 61.6 cm³/mol. The van der Waals surface area contributed by atoms with E-state index in [1.165, 1.54) is 0 Å². The van der Waals surface area contributed by atoms with Crippen LogP contribution in [0.3, 0.4) is 0 Å². The Morgan fingerprint density at radius 2 is 1.90 bits per heavy atom. The normalized spacial score (nSPS) is 35.0. The molecule has 10 nitrogen and oxygen atoms in total. The second-order valence-corrected chi connectivity index (χ2v) is 5.06. The minimum absolute atomic E-state index is 0.619. The van der Waals surface area contributed by atoms with Gasteiger partial charge < -0.3 is 39.0 Å². The van der Waals surface area contributed by atoms with Crippen molar-refractivity contribution in [2.75, 3.05) is 6.61 Å². The van der Waals surface area contributed by atoms with Gasteiger partial charge in [0.25, 0.3) is 0 Å². The largest absolute Gasteiger partial charge is 0.506 e. The second kappa shape index (κ2) is 5.64. The van der Waals surface area contributed by atoms with E-state index >= 15 is 0 Å². The van der Waals surface area contributed by atoms with Gasteiger partial charge in [-0.15, -0.1) is 0 Å². The molecule has 0 amide bonds. The van der Waals surface area contributed by atoms with Crippen molar-refractivity contribution in [2.45, 2.75) is 50.3 Å². The number of aliphatic hydroxyl groups excluding tert-OH is 1. The van der Waals surface area contributed by atoms with Crippen molar-refractivity contribution in [2.24, 2.45) is 0 Å². The molecule has 5 atom stereocenters. The number of carbonyl (C=O) groups is 2. The van der Waals surface area contributed by atoms with Crippen LogP contribution in [0.25, 0.3) is 0 Å². The van der Waals surface area contributed by atoms with Crippen LogP contribution >= 0.6 is 0 Å². The van der Waals surface area contributed by atoms with Crippen LogP contribution in [0.2, 0.25) is 0 Å². The van der Waals surface area contributed by atoms with Crippen LogP contribution in [-0.2, 0) is 23.7 Å². The van der Waals surface area contributed by atoms with Crippen LogP contribution in [0.1, 0.15) is 13.8 Å². The van der Waals surface area contributed by atoms with Gasteiger partial charge in [0.15, 0.2) is 18.2 Å². The van der Waals surface area contributed by atoms with Gasteiger partial charge in [-0.25, -0.2) is 9.59 Å². The molecule has 0 saturated carbocycles. The Labute approximate surface area is 119 Å². The summed E-state index contributed by atoms with van der Waals surface area (Å²) in [6.45, 7) is 2.65. The number of hydrogen-bond donors (Lipinski definition) is 3. The summed E-state index contributed by atoms with van der Waals surface area (Å²) in [5.74, 6) is -0.942. The summed E-state index contributed by atoms with van der Waals surface area (Å²) in [6.07, 6.45) is -8.72. The third-order valence-corrected chi connectivity index (χ3v) is 3.04. The number of aliphatic hydroxyl groups is 1. The minimum atomic E-state index is -1.65. The van der Waals surface area contributed by atoms with E-state index in [2.05, 4.69) is 9.47 Å². The molecule has 0 aromatic carbocycles. The van der Waals surface area contributed by atoms with Gasteiger partial charge in [-0.1, -0.05) is 0 Å².